The van der Waals surface area contributed by atoms with Gasteiger partial charge in [-0.05, 0) is 12.3 Å². The van der Waals surface area contributed by atoms with Gasteiger partial charge in [0.25, 0.3) is 0 Å². The van der Waals surface area contributed by atoms with Crippen LogP contribution >= 0.6 is 0 Å². The fourth-order valence-electron chi connectivity index (χ4n) is 4.86. The molecule has 22 heavy (non-hydrogen) atoms. The Labute approximate surface area is 146 Å². The number of hydrogen-bond acceptors (Lipinski definition) is 0. The minimum absolute atomic E-state index is 0. The zero-order chi connectivity index (χ0) is 13.8. The Bertz CT molecular complexity index is 716. The van der Waals surface area contributed by atoms with E-state index in [1.807, 2.05) is 0 Å². The summed E-state index contributed by atoms with van der Waals surface area (Å²) in [6.45, 7) is 0. The Hall–Kier alpha value is -0.911. The largest absolute Gasteiger partial charge is 0.323 e. The quantitative estimate of drug-likeness (QED) is 0.470. The second-order valence-corrected chi connectivity index (χ2v) is 6.82. The summed E-state index contributed by atoms with van der Waals surface area (Å²) in [4.78, 5) is 0. The predicted molar refractivity (Wildman–Crippen MR) is 86.4 cm³/mol. The number of aryl methyl sites for hydroxylation is 1. The van der Waals surface area contributed by atoms with Gasteiger partial charge >= 0.3 is 0 Å². The van der Waals surface area contributed by atoms with Crippen molar-refractivity contribution in [2.24, 2.45) is 0 Å². The molecule has 0 nitrogen and oxygen atoms in total. The van der Waals surface area contributed by atoms with Crippen LogP contribution in [0.15, 0.2) is 30.3 Å². The molecule has 0 saturated heterocycles. The van der Waals surface area contributed by atoms with E-state index in [0.717, 1.165) is 0 Å². The fourth-order valence-corrected chi connectivity index (χ4v) is 4.86. The van der Waals surface area contributed by atoms with Gasteiger partial charge in [-0.1, -0.05) is 61.1 Å². The zero-order valence-corrected chi connectivity index (χ0v) is 15.1. The van der Waals surface area contributed by atoms with E-state index in [4.69, 9.17) is 0 Å². The first-order valence-corrected chi connectivity index (χ1v) is 8.42. The van der Waals surface area contributed by atoms with Crippen molar-refractivity contribution in [3.05, 3.63) is 65.1 Å². The Balaban J connectivity index is 0.00000125. The molecule has 3 aliphatic rings. The Morgan fingerprint density at radius 3 is 2.91 bits per heavy atom. The summed E-state index contributed by atoms with van der Waals surface area (Å²) in [6, 6.07) is 15.2. The van der Waals surface area contributed by atoms with E-state index in [9.17, 15) is 0 Å². The summed E-state index contributed by atoms with van der Waals surface area (Å²) >= 11 is 0. The van der Waals surface area contributed by atoms with Crippen molar-refractivity contribution >= 4 is 0 Å². The molecule has 2 aromatic rings. The van der Waals surface area contributed by atoms with E-state index >= 15 is 0 Å². The molecular formula is C21H20Ir-2. The van der Waals surface area contributed by atoms with Crippen LogP contribution in [-0.2, 0) is 32.9 Å². The van der Waals surface area contributed by atoms with Gasteiger partial charge in [-0.2, -0.15) is 35.6 Å². The van der Waals surface area contributed by atoms with Crippen LogP contribution in [0.2, 0.25) is 0 Å². The maximum absolute atomic E-state index is 3.70. The minimum atomic E-state index is 0. The Kier molecular flexibility index (Phi) is 3.75. The number of benzene rings is 2. The van der Waals surface area contributed by atoms with Crippen LogP contribution in [0.3, 0.4) is 0 Å². The molecule has 0 aliphatic heterocycles. The Morgan fingerprint density at radius 1 is 1.09 bits per heavy atom. The molecule has 0 aromatic heterocycles. The third kappa shape index (κ3) is 1.99. The molecule has 3 aliphatic carbocycles. The summed E-state index contributed by atoms with van der Waals surface area (Å²) in [5.74, 6) is 1.31. The van der Waals surface area contributed by atoms with Crippen molar-refractivity contribution in [1.29, 1.82) is 0 Å². The summed E-state index contributed by atoms with van der Waals surface area (Å²) in [6.07, 6.45) is 10.3. The van der Waals surface area contributed by atoms with Crippen LogP contribution in [-0.4, -0.2) is 0 Å². The van der Waals surface area contributed by atoms with Gasteiger partial charge in [0.2, 0.25) is 0 Å². The minimum Gasteiger partial charge on any atom is -0.323 e. The van der Waals surface area contributed by atoms with Crippen molar-refractivity contribution in [2.45, 2.75) is 50.4 Å². The van der Waals surface area contributed by atoms with E-state index < -0.39 is 0 Å². The first-order chi connectivity index (χ1) is 10.4. The molecule has 1 fully saturated rings. The molecule has 5 rings (SSSR count). The standard InChI is InChI=1S/C21H20.Ir/c1-2-7-15-14(6-1)12-13-20-18-11-5-10-16(18)17-8-3-4-9-19(17)21(15)20;/h3-4,8-9,11-12,16,18H,1-2,5-7,10H2;/q-2;. The first-order valence-electron chi connectivity index (χ1n) is 8.42. The molecular weight excluding hydrogens is 444 g/mol. The van der Waals surface area contributed by atoms with Gasteiger partial charge < -0.3 is 6.42 Å². The maximum Gasteiger partial charge on any atom is 0 e. The summed E-state index contributed by atoms with van der Waals surface area (Å²) in [7, 11) is 0. The van der Waals surface area contributed by atoms with Crippen LogP contribution in [0.1, 0.15) is 59.8 Å². The van der Waals surface area contributed by atoms with Crippen molar-refractivity contribution in [2.75, 3.05) is 0 Å². The second kappa shape index (κ2) is 5.62. The molecule has 0 amide bonds. The monoisotopic (exact) mass is 465 g/mol. The number of hydrogen-bond donors (Lipinski definition) is 0. The molecule has 0 heterocycles. The van der Waals surface area contributed by atoms with Crippen molar-refractivity contribution in [3.8, 4) is 11.1 Å². The topological polar surface area (TPSA) is 0 Å². The van der Waals surface area contributed by atoms with Crippen molar-refractivity contribution in [3.63, 3.8) is 0 Å². The third-order valence-corrected chi connectivity index (χ3v) is 5.78. The van der Waals surface area contributed by atoms with E-state index in [1.165, 1.54) is 49.7 Å². The molecule has 1 saturated carbocycles. The van der Waals surface area contributed by atoms with Gasteiger partial charge in [-0.25, -0.2) is 0 Å². The average molecular weight is 465 g/mol. The molecule has 0 N–H and O–H groups in total. The number of rotatable bonds is 0. The first kappa shape index (κ1) is 14.7. The van der Waals surface area contributed by atoms with E-state index in [2.05, 4.69) is 42.8 Å². The van der Waals surface area contributed by atoms with Gasteiger partial charge in [-0.3, -0.25) is 0 Å². The third-order valence-electron chi connectivity index (χ3n) is 5.78. The smallest absolute Gasteiger partial charge is 0 e. The molecule has 115 valence electrons. The van der Waals surface area contributed by atoms with Gasteiger partial charge in [0, 0.05) is 20.1 Å². The summed E-state index contributed by atoms with van der Waals surface area (Å²) in [5.41, 5.74) is 9.36. The maximum atomic E-state index is 3.70. The molecule has 0 spiro atoms. The predicted octanol–water partition coefficient (Wildman–Crippen LogP) is 5.21. The number of fused-ring (bicyclic) bond motifs is 8. The van der Waals surface area contributed by atoms with Crippen LogP contribution in [0, 0.1) is 12.5 Å². The molecule has 0 bridgehead atoms. The van der Waals surface area contributed by atoms with Crippen LogP contribution in [0.25, 0.3) is 11.1 Å². The van der Waals surface area contributed by atoms with Gasteiger partial charge in [-0.15, -0.1) is 11.1 Å². The van der Waals surface area contributed by atoms with Crippen LogP contribution < -0.4 is 0 Å². The van der Waals surface area contributed by atoms with Gasteiger partial charge in [0.1, 0.15) is 0 Å². The molecule has 1 radical (unpaired) electrons. The fraction of sp³-hybridized carbons (Fsp3) is 0.381. The van der Waals surface area contributed by atoms with Crippen LogP contribution in [0.5, 0.6) is 0 Å². The normalized spacial score (nSPS) is 24.5. The van der Waals surface area contributed by atoms with Gasteiger partial charge in [0.05, 0.1) is 0 Å². The van der Waals surface area contributed by atoms with Crippen molar-refractivity contribution < 1.29 is 20.1 Å². The van der Waals surface area contributed by atoms with Crippen molar-refractivity contribution in [1.82, 2.24) is 0 Å². The van der Waals surface area contributed by atoms with E-state index in [1.54, 1.807) is 22.3 Å². The van der Waals surface area contributed by atoms with E-state index in [-0.39, 0.29) is 20.1 Å². The second-order valence-electron chi connectivity index (χ2n) is 6.82. The molecule has 2 atom stereocenters. The van der Waals surface area contributed by atoms with Crippen LogP contribution in [0.4, 0.5) is 0 Å². The SMILES string of the molecule is [Ir].[c-]1cc2c(c3c1C1[CH-]CCC1c1ccccc1-3)CCCC2. The molecule has 2 unspecified atom stereocenters. The average Bonchev–Trinajstić information content (AvgIpc) is 3.04. The summed E-state index contributed by atoms with van der Waals surface area (Å²) < 4.78 is 0. The van der Waals surface area contributed by atoms with E-state index in [0.29, 0.717) is 11.8 Å². The molecule has 2 aromatic carbocycles. The Morgan fingerprint density at radius 2 is 1.95 bits per heavy atom. The van der Waals surface area contributed by atoms with Gasteiger partial charge in [0.15, 0.2) is 0 Å². The summed E-state index contributed by atoms with van der Waals surface area (Å²) in [5, 5.41) is 0. The zero-order valence-electron chi connectivity index (χ0n) is 12.7. The molecule has 1 heteroatoms.